The Labute approximate surface area is 248 Å². The minimum atomic E-state index is -0.620. The van der Waals surface area contributed by atoms with Crippen molar-refractivity contribution in [3.8, 4) is 0 Å². The van der Waals surface area contributed by atoms with Gasteiger partial charge in [0.1, 0.15) is 0 Å². The molecule has 212 valence electrons. The van der Waals surface area contributed by atoms with Gasteiger partial charge in [0.15, 0.2) is 0 Å². The van der Waals surface area contributed by atoms with Crippen molar-refractivity contribution in [2.75, 3.05) is 13.1 Å². The van der Waals surface area contributed by atoms with Gasteiger partial charge in [-0.2, -0.15) is 0 Å². The molecule has 2 aliphatic rings. The maximum Gasteiger partial charge on any atom is 0.346 e. The van der Waals surface area contributed by atoms with Crippen LogP contribution >= 0.6 is 23.2 Å². The number of carbonyl (C=O) groups is 4. The first kappa shape index (κ1) is 30.2. The molecule has 0 aromatic heterocycles. The van der Waals surface area contributed by atoms with E-state index in [1.807, 2.05) is 13.0 Å². The Morgan fingerprint density at radius 3 is 1.63 bits per heavy atom. The molecule has 7 nitrogen and oxygen atoms in total. The van der Waals surface area contributed by atoms with Crippen LogP contribution in [0.1, 0.15) is 81.0 Å². The lowest BCUT2D eigenvalue weighted by Crippen LogP contribution is -2.40. The zero-order chi connectivity index (χ0) is 29.7. The number of cyclic esters (lactones) is 2. The molecule has 6 rings (SSSR count). The van der Waals surface area contributed by atoms with Crippen LogP contribution in [0, 0.1) is 0 Å². The Bertz CT molecular complexity index is 1620. The molecule has 9 heteroatoms. The molecule has 0 saturated carbocycles. The zero-order valence-electron chi connectivity index (χ0n) is 22.8. The number of hydrogen-bond donors (Lipinski definition) is 1. The number of rotatable bonds is 5. The predicted octanol–water partition coefficient (Wildman–Crippen LogP) is 7.44. The van der Waals surface area contributed by atoms with Gasteiger partial charge in [0, 0.05) is 49.3 Å². The van der Waals surface area contributed by atoms with Crippen LogP contribution in [0.25, 0.3) is 21.5 Å². The van der Waals surface area contributed by atoms with Gasteiger partial charge in [0.05, 0.1) is 11.1 Å². The number of amides is 2. The molecule has 4 aromatic carbocycles. The Morgan fingerprint density at radius 2 is 1.12 bits per heavy atom. The van der Waals surface area contributed by atoms with Gasteiger partial charge in [-0.25, -0.2) is 9.59 Å². The number of nitrogens with two attached hydrogens (primary N) is 1. The van der Waals surface area contributed by atoms with Crippen LogP contribution in [-0.4, -0.2) is 41.7 Å². The zero-order valence-corrected chi connectivity index (χ0v) is 24.3. The number of benzene rings is 4. The van der Waals surface area contributed by atoms with E-state index < -0.39 is 11.9 Å². The Morgan fingerprint density at radius 1 is 0.659 bits per heavy atom. The molecule has 4 aromatic rings. The van der Waals surface area contributed by atoms with Crippen LogP contribution in [0.5, 0.6) is 0 Å². The van der Waals surface area contributed by atoms with Gasteiger partial charge >= 0.3 is 11.9 Å². The van der Waals surface area contributed by atoms with Crippen LogP contribution in [-0.2, 0) is 4.74 Å². The molecule has 0 atom stereocenters. The number of imide groups is 1. The van der Waals surface area contributed by atoms with Gasteiger partial charge < -0.3 is 10.5 Å². The largest absolute Gasteiger partial charge is 0.386 e. The second-order valence-corrected chi connectivity index (χ2v) is 10.4. The van der Waals surface area contributed by atoms with E-state index in [4.69, 9.17) is 28.9 Å². The molecular formula is C32H30Cl2N2O5. The molecule has 2 N–H and O–H groups in total. The molecule has 0 aliphatic carbocycles. The third-order valence-corrected chi connectivity index (χ3v) is 7.50. The molecule has 2 aliphatic heterocycles. The Kier molecular flexibility index (Phi) is 9.76. The van der Waals surface area contributed by atoms with Crippen molar-refractivity contribution in [3.63, 3.8) is 0 Å². The number of carbonyl (C=O) groups excluding carboxylic acids is 4. The van der Waals surface area contributed by atoms with Gasteiger partial charge in [0.2, 0.25) is 0 Å². The van der Waals surface area contributed by atoms with Crippen molar-refractivity contribution in [2.24, 2.45) is 5.73 Å². The average molecular weight is 594 g/mol. The van der Waals surface area contributed by atoms with Crippen molar-refractivity contribution in [2.45, 2.75) is 39.5 Å². The summed E-state index contributed by atoms with van der Waals surface area (Å²) in [6.07, 6.45) is 4.14. The molecule has 0 spiro atoms. The summed E-state index contributed by atoms with van der Waals surface area (Å²) >= 11 is 12.2. The summed E-state index contributed by atoms with van der Waals surface area (Å²) in [5.41, 5.74) is 7.04. The van der Waals surface area contributed by atoms with Crippen LogP contribution in [0.3, 0.4) is 0 Å². The summed E-state index contributed by atoms with van der Waals surface area (Å²) in [6, 6.07) is 17.1. The van der Waals surface area contributed by atoms with Gasteiger partial charge in [-0.15, -0.1) is 0 Å². The smallest absolute Gasteiger partial charge is 0.346 e. The fourth-order valence-electron chi connectivity index (χ4n) is 4.74. The lowest BCUT2D eigenvalue weighted by Gasteiger charge is -2.27. The molecule has 2 heterocycles. The summed E-state index contributed by atoms with van der Waals surface area (Å²) in [5, 5.41) is 3.80. The van der Waals surface area contributed by atoms with Crippen LogP contribution in [0.4, 0.5) is 0 Å². The molecular weight excluding hydrogens is 563 g/mol. The number of esters is 2. The standard InChI is InChI=1S/C16H14ClNO2.C12H5ClO3.C4H11N/c1-2-3-9-18-15(19)11-6-4-5-10-13(17)8-7-12(14(10)11)16(18)20;13-9-5-4-8-10-6(9)2-1-3-7(10)11(14)16-12(8)15;1-2-3-4-5/h4-8H,2-3,9H2,1H3;1-5H;2-5H2,1H3. The van der Waals surface area contributed by atoms with Gasteiger partial charge in [-0.05, 0) is 55.8 Å². The Balaban J connectivity index is 0.000000165. The lowest BCUT2D eigenvalue weighted by molar-refractivity contribution is 0.0390. The summed E-state index contributed by atoms with van der Waals surface area (Å²) < 4.78 is 4.62. The molecule has 2 amide bonds. The number of hydrogen-bond acceptors (Lipinski definition) is 6. The fourth-order valence-corrected chi connectivity index (χ4v) is 5.18. The molecule has 41 heavy (non-hydrogen) atoms. The monoisotopic (exact) mass is 592 g/mol. The molecule has 0 saturated heterocycles. The second-order valence-electron chi connectivity index (χ2n) is 9.58. The maximum atomic E-state index is 12.5. The number of nitrogens with zero attached hydrogens (tertiary/aromatic N) is 1. The average Bonchev–Trinajstić information content (AvgIpc) is 2.97. The van der Waals surface area contributed by atoms with Crippen molar-refractivity contribution < 1.29 is 23.9 Å². The Hall–Kier alpha value is -3.78. The molecule has 0 fully saturated rings. The highest BCUT2D eigenvalue weighted by atomic mass is 35.5. The van der Waals surface area contributed by atoms with E-state index in [1.165, 1.54) is 17.7 Å². The first-order valence-corrected chi connectivity index (χ1v) is 14.3. The fraction of sp³-hybridized carbons (Fsp3) is 0.250. The lowest BCUT2D eigenvalue weighted by atomic mass is 9.94. The summed E-state index contributed by atoms with van der Waals surface area (Å²) in [7, 11) is 0. The van der Waals surface area contributed by atoms with Crippen molar-refractivity contribution >= 4 is 68.5 Å². The first-order chi connectivity index (χ1) is 19.7. The minimum absolute atomic E-state index is 0.219. The highest BCUT2D eigenvalue weighted by molar-refractivity contribution is 6.38. The molecule has 0 bridgehead atoms. The van der Waals surface area contributed by atoms with E-state index in [-0.39, 0.29) is 11.8 Å². The van der Waals surface area contributed by atoms with Crippen molar-refractivity contribution in [3.05, 3.63) is 93.0 Å². The molecule has 0 radical (unpaired) electrons. The van der Waals surface area contributed by atoms with E-state index in [1.54, 1.807) is 54.6 Å². The normalized spacial score (nSPS) is 13.4. The summed E-state index contributed by atoms with van der Waals surface area (Å²) in [4.78, 5) is 49.3. The third-order valence-electron chi connectivity index (χ3n) is 6.84. The van der Waals surface area contributed by atoms with Gasteiger partial charge in [-0.1, -0.05) is 74.2 Å². The number of halogens is 2. The number of ether oxygens (including phenoxy) is 1. The van der Waals surface area contributed by atoms with Gasteiger partial charge in [-0.3, -0.25) is 14.5 Å². The van der Waals surface area contributed by atoms with Crippen molar-refractivity contribution in [1.29, 1.82) is 0 Å². The van der Waals surface area contributed by atoms with Crippen LogP contribution in [0.15, 0.2) is 60.7 Å². The predicted molar refractivity (Wildman–Crippen MR) is 162 cm³/mol. The third kappa shape index (κ3) is 5.98. The van der Waals surface area contributed by atoms with Crippen molar-refractivity contribution in [1.82, 2.24) is 4.90 Å². The second kappa shape index (κ2) is 13.3. The minimum Gasteiger partial charge on any atom is -0.386 e. The first-order valence-electron chi connectivity index (χ1n) is 13.5. The van der Waals surface area contributed by atoms with E-state index in [0.29, 0.717) is 55.0 Å². The van der Waals surface area contributed by atoms with E-state index in [9.17, 15) is 19.2 Å². The van der Waals surface area contributed by atoms with E-state index >= 15 is 0 Å². The highest BCUT2D eigenvalue weighted by Gasteiger charge is 2.32. The van der Waals surface area contributed by atoms with Crippen LogP contribution in [0.2, 0.25) is 10.0 Å². The van der Waals surface area contributed by atoms with E-state index in [2.05, 4.69) is 11.7 Å². The van der Waals surface area contributed by atoms with Crippen LogP contribution < -0.4 is 5.73 Å². The number of unbranched alkanes of at least 4 members (excludes halogenated alkanes) is 2. The maximum absolute atomic E-state index is 12.5. The SMILES string of the molecule is CCCCN.CCCCN1C(=O)c2cccc3c(Cl)ccc(c23)C1=O.O=C1OC(=O)c2ccc(Cl)c3cccc1c23. The van der Waals surface area contributed by atoms with E-state index in [0.717, 1.165) is 24.8 Å². The quantitative estimate of drug-likeness (QED) is 0.146. The highest BCUT2D eigenvalue weighted by Crippen LogP contribution is 2.35. The molecule has 0 unspecified atom stereocenters. The summed E-state index contributed by atoms with van der Waals surface area (Å²) in [6.45, 7) is 5.48. The topological polar surface area (TPSA) is 107 Å². The summed E-state index contributed by atoms with van der Waals surface area (Å²) in [5.74, 6) is -1.68. The van der Waals surface area contributed by atoms with Gasteiger partial charge in [0.25, 0.3) is 11.8 Å².